The number of thiophene rings is 1. The van der Waals surface area contributed by atoms with Crippen LogP contribution in [0.25, 0.3) is 0 Å². The summed E-state index contributed by atoms with van der Waals surface area (Å²) in [5.41, 5.74) is 2.24. The van der Waals surface area contributed by atoms with Gasteiger partial charge in [0, 0.05) is 4.88 Å². The van der Waals surface area contributed by atoms with E-state index < -0.39 is 5.91 Å². The highest BCUT2D eigenvalue weighted by Crippen LogP contribution is 2.20. The van der Waals surface area contributed by atoms with Gasteiger partial charge in [-0.3, -0.25) is 4.79 Å². The van der Waals surface area contributed by atoms with E-state index in [0.717, 1.165) is 8.66 Å². The summed E-state index contributed by atoms with van der Waals surface area (Å²) in [4.78, 5) is 11.7. The van der Waals surface area contributed by atoms with Gasteiger partial charge in [-0.2, -0.15) is 10.4 Å². The van der Waals surface area contributed by atoms with Crippen molar-refractivity contribution in [3.63, 3.8) is 0 Å². The standard InChI is InChI=1S/C8H6BrN3OS/c9-7-2-1-6(14-7)5-11-12-8(13)3-4-10/h1-2,5H,3H2,(H,12,13)/b11-5-. The molecular weight excluding hydrogens is 266 g/mol. The zero-order valence-electron chi connectivity index (χ0n) is 7.03. The van der Waals surface area contributed by atoms with Crippen LogP contribution in [0.1, 0.15) is 11.3 Å². The van der Waals surface area contributed by atoms with Crippen molar-refractivity contribution in [3.8, 4) is 6.07 Å². The average Bonchev–Trinajstić information content (AvgIpc) is 2.52. The Hall–Kier alpha value is -1.19. The molecule has 0 aliphatic heterocycles. The van der Waals surface area contributed by atoms with Gasteiger partial charge < -0.3 is 0 Å². The van der Waals surface area contributed by atoms with Crippen LogP contribution in [0.4, 0.5) is 0 Å². The molecule has 0 aromatic carbocycles. The predicted molar refractivity (Wildman–Crippen MR) is 58.0 cm³/mol. The van der Waals surface area contributed by atoms with Gasteiger partial charge in [-0.25, -0.2) is 5.43 Å². The number of hydrogen-bond donors (Lipinski definition) is 1. The third kappa shape index (κ3) is 3.68. The number of nitrogens with one attached hydrogen (secondary N) is 1. The van der Waals surface area contributed by atoms with Crippen LogP contribution >= 0.6 is 27.3 Å². The Bertz CT molecular complexity index is 394. The third-order valence-electron chi connectivity index (χ3n) is 1.21. The number of halogens is 1. The Morgan fingerprint density at radius 1 is 1.79 bits per heavy atom. The second kappa shape index (κ2) is 5.52. The molecule has 0 unspecified atom stereocenters. The number of nitriles is 1. The van der Waals surface area contributed by atoms with Crippen LogP contribution in [-0.4, -0.2) is 12.1 Å². The SMILES string of the molecule is N#CCC(=O)N/N=C\c1ccc(Br)s1. The Balaban J connectivity index is 2.42. The molecule has 1 aromatic heterocycles. The molecular formula is C8H6BrN3OS. The quantitative estimate of drug-likeness (QED) is 0.674. The van der Waals surface area contributed by atoms with E-state index in [2.05, 4.69) is 26.5 Å². The second-order valence-corrected chi connectivity index (χ2v) is 4.76. The Labute approximate surface area is 93.4 Å². The van der Waals surface area contributed by atoms with Gasteiger partial charge in [0.25, 0.3) is 5.91 Å². The fraction of sp³-hybridized carbons (Fsp3) is 0.125. The summed E-state index contributed by atoms with van der Waals surface area (Å²) in [7, 11) is 0. The van der Waals surface area contributed by atoms with E-state index in [0.29, 0.717) is 0 Å². The number of nitrogens with zero attached hydrogens (tertiary/aromatic N) is 2. The van der Waals surface area contributed by atoms with Crippen molar-refractivity contribution in [2.24, 2.45) is 5.10 Å². The van der Waals surface area contributed by atoms with E-state index in [1.165, 1.54) is 17.6 Å². The predicted octanol–water partition coefficient (Wildman–Crippen LogP) is 1.87. The van der Waals surface area contributed by atoms with Crippen molar-refractivity contribution in [2.75, 3.05) is 0 Å². The van der Waals surface area contributed by atoms with Gasteiger partial charge in [0.05, 0.1) is 16.1 Å². The minimum absolute atomic E-state index is 0.175. The number of hydrogen-bond acceptors (Lipinski definition) is 4. The highest BCUT2D eigenvalue weighted by Gasteiger charge is 1.96. The molecule has 72 valence electrons. The van der Waals surface area contributed by atoms with Crippen LogP contribution in [0.15, 0.2) is 21.0 Å². The summed E-state index contributed by atoms with van der Waals surface area (Å²) in [6.45, 7) is 0. The summed E-state index contributed by atoms with van der Waals surface area (Å²) >= 11 is 4.81. The Morgan fingerprint density at radius 2 is 2.57 bits per heavy atom. The Morgan fingerprint density at radius 3 is 3.14 bits per heavy atom. The van der Waals surface area contributed by atoms with Crippen LogP contribution < -0.4 is 5.43 Å². The van der Waals surface area contributed by atoms with E-state index in [1.807, 2.05) is 12.1 Å². The van der Waals surface area contributed by atoms with Gasteiger partial charge in [0.2, 0.25) is 0 Å². The zero-order chi connectivity index (χ0) is 10.4. The topological polar surface area (TPSA) is 65.2 Å². The number of carbonyl (C=O) groups excluding carboxylic acids is 1. The summed E-state index contributed by atoms with van der Waals surface area (Å²) in [5, 5.41) is 11.9. The van der Waals surface area contributed by atoms with Gasteiger partial charge in [-0.15, -0.1) is 11.3 Å². The van der Waals surface area contributed by atoms with Crippen molar-refractivity contribution in [1.29, 1.82) is 5.26 Å². The molecule has 1 aromatic rings. The first-order chi connectivity index (χ1) is 6.72. The van der Waals surface area contributed by atoms with Crippen molar-refractivity contribution in [3.05, 3.63) is 20.8 Å². The summed E-state index contributed by atoms with van der Waals surface area (Å²) < 4.78 is 1.00. The molecule has 1 rings (SSSR count). The molecule has 14 heavy (non-hydrogen) atoms. The van der Waals surface area contributed by atoms with Gasteiger partial charge in [0.15, 0.2) is 0 Å². The highest BCUT2D eigenvalue weighted by molar-refractivity contribution is 9.11. The number of rotatable bonds is 3. The minimum Gasteiger partial charge on any atom is -0.272 e. The van der Waals surface area contributed by atoms with Crippen LogP contribution in [0, 0.1) is 11.3 Å². The molecule has 0 saturated carbocycles. The fourth-order valence-electron chi connectivity index (χ4n) is 0.677. The van der Waals surface area contributed by atoms with E-state index in [4.69, 9.17) is 5.26 Å². The molecule has 4 nitrogen and oxygen atoms in total. The van der Waals surface area contributed by atoms with E-state index in [-0.39, 0.29) is 6.42 Å². The summed E-state index contributed by atoms with van der Waals surface area (Å²) in [6, 6.07) is 5.49. The molecule has 1 N–H and O–H groups in total. The molecule has 0 atom stereocenters. The van der Waals surface area contributed by atoms with Gasteiger partial charge in [-0.1, -0.05) is 0 Å². The van der Waals surface area contributed by atoms with Crippen molar-refractivity contribution >= 4 is 39.4 Å². The van der Waals surface area contributed by atoms with Gasteiger partial charge >= 0.3 is 0 Å². The van der Waals surface area contributed by atoms with Gasteiger partial charge in [-0.05, 0) is 28.1 Å². The maximum absolute atomic E-state index is 10.8. The molecule has 0 bridgehead atoms. The largest absolute Gasteiger partial charge is 0.272 e. The summed E-state index contributed by atoms with van der Waals surface area (Å²) in [5.74, 6) is -0.403. The molecule has 0 saturated heterocycles. The number of carbonyl (C=O) groups is 1. The fourth-order valence-corrected chi connectivity index (χ4v) is 1.97. The maximum Gasteiger partial charge on any atom is 0.254 e. The van der Waals surface area contributed by atoms with Crippen LogP contribution in [0.5, 0.6) is 0 Å². The Kier molecular flexibility index (Phi) is 4.29. The molecule has 0 radical (unpaired) electrons. The molecule has 0 aliphatic carbocycles. The molecule has 0 spiro atoms. The lowest BCUT2D eigenvalue weighted by atomic mass is 10.5. The molecule has 1 amide bonds. The lowest BCUT2D eigenvalue weighted by Gasteiger charge is -1.90. The number of amides is 1. The minimum atomic E-state index is -0.403. The molecule has 6 heteroatoms. The van der Waals surface area contributed by atoms with E-state index in [9.17, 15) is 4.79 Å². The number of hydrazone groups is 1. The monoisotopic (exact) mass is 271 g/mol. The third-order valence-corrected chi connectivity index (χ3v) is 2.77. The maximum atomic E-state index is 10.8. The molecule has 0 fully saturated rings. The van der Waals surface area contributed by atoms with Crippen molar-refractivity contribution < 1.29 is 4.79 Å². The molecule has 0 aliphatic rings. The normalized spacial score (nSPS) is 10.0. The van der Waals surface area contributed by atoms with E-state index in [1.54, 1.807) is 6.07 Å². The smallest absolute Gasteiger partial charge is 0.254 e. The molecule has 1 heterocycles. The van der Waals surface area contributed by atoms with Gasteiger partial charge in [0.1, 0.15) is 6.42 Å². The van der Waals surface area contributed by atoms with Crippen LogP contribution in [0.2, 0.25) is 0 Å². The summed E-state index contributed by atoms with van der Waals surface area (Å²) in [6.07, 6.45) is 1.36. The van der Waals surface area contributed by atoms with Crippen LogP contribution in [0.3, 0.4) is 0 Å². The highest BCUT2D eigenvalue weighted by atomic mass is 79.9. The first kappa shape index (κ1) is 10.9. The second-order valence-electron chi connectivity index (χ2n) is 2.27. The first-order valence-corrected chi connectivity index (χ1v) is 5.27. The van der Waals surface area contributed by atoms with Crippen molar-refractivity contribution in [2.45, 2.75) is 6.42 Å². The van der Waals surface area contributed by atoms with E-state index >= 15 is 0 Å². The van der Waals surface area contributed by atoms with Crippen molar-refractivity contribution in [1.82, 2.24) is 5.43 Å². The first-order valence-electron chi connectivity index (χ1n) is 3.66. The lowest BCUT2D eigenvalue weighted by molar-refractivity contribution is -0.120. The average molecular weight is 272 g/mol. The van der Waals surface area contributed by atoms with Crippen LogP contribution in [-0.2, 0) is 4.79 Å². The zero-order valence-corrected chi connectivity index (χ0v) is 9.43. The lowest BCUT2D eigenvalue weighted by Crippen LogP contribution is -2.15.